The minimum atomic E-state index is 0.434. The first-order chi connectivity index (χ1) is 8.78. The molecule has 0 saturated carbocycles. The summed E-state index contributed by atoms with van der Waals surface area (Å²) in [4.78, 5) is 6.75. The normalized spacial score (nSPS) is 21.7. The van der Waals surface area contributed by atoms with Crippen LogP contribution >= 0.6 is 0 Å². The third kappa shape index (κ3) is 1.88. The van der Waals surface area contributed by atoms with Gasteiger partial charge in [0.25, 0.3) is 0 Å². The fourth-order valence-corrected chi connectivity index (χ4v) is 2.49. The van der Waals surface area contributed by atoms with Gasteiger partial charge in [0, 0.05) is 6.20 Å². The summed E-state index contributed by atoms with van der Waals surface area (Å²) < 4.78 is 0. The van der Waals surface area contributed by atoms with Crippen LogP contribution in [0.5, 0.6) is 0 Å². The number of amidine groups is 1. The summed E-state index contributed by atoms with van der Waals surface area (Å²) >= 11 is 0. The average molecular weight is 238 g/mol. The molecule has 2 nitrogen and oxygen atoms in total. The van der Waals surface area contributed by atoms with E-state index in [-0.39, 0.29) is 0 Å². The number of allylic oxidation sites excluding steroid dienone is 2. The van der Waals surface area contributed by atoms with E-state index < -0.39 is 0 Å². The van der Waals surface area contributed by atoms with Crippen LogP contribution in [0.2, 0.25) is 0 Å². The van der Waals surface area contributed by atoms with Gasteiger partial charge in [-0.05, 0) is 30.0 Å². The lowest BCUT2D eigenvalue weighted by molar-refractivity contribution is 0.509. The van der Waals surface area contributed by atoms with Gasteiger partial charge in [0.1, 0.15) is 5.84 Å². The number of hydrogen-bond donors (Lipinski definition) is 0. The maximum absolute atomic E-state index is 4.48. The Balaban J connectivity index is 1.90. The monoisotopic (exact) mass is 238 g/mol. The molecule has 0 amide bonds. The van der Waals surface area contributed by atoms with Gasteiger partial charge >= 0.3 is 0 Å². The summed E-state index contributed by atoms with van der Waals surface area (Å²) in [7, 11) is 0. The van der Waals surface area contributed by atoms with Crippen LogP contribution in [0.1, 0.15) is 25.0 Å². The van der Waals surface area contributed by atoms with Crippen LogP contribution < -0.4 is 0 Å². The summed E-state index contributed by atoms with van der Waals surface area (Å²) in [6, 6.07) is 9.27. The topological polar surface area (TPSA) is 15.6 Å². The van der Waals surface area contributed by atoms with Crippen molar-refractivity contribution < 1.29 is 0 Å². The molecule has 2 heteroatoms. The quantitative estimate of drug-likeness (QED) is 0.772. The van der Waals surface area contributed by atoms with Gasteiger partial charge in [0.15, 0.2) is 0 Å². The van der Waals surface area contributed by atoms with Crippen molar-refractivity contribution in [1.29, 1.82) is 0 Å². The van der Waals surface area contributed by atoms with Gasteiger partial charge < -0.3 is 4.90 Å². The Morgan fingerprint density at radius 1 is 1.28 bits per heavy atom. The molecule has 92 valence electrons. The highest BCUT2D eigenvalue weighted by atomic mass is 15.3. The largest absolute Gasteiger partial charge is 0.328 e. The van der Waals surface area contributed by atoms with E-state index in [1.807, 2.05) is 0 Å². The molecule has 1 atom stereocenters. The van der Waals surface area contributed by atoms with Crippen molar-refractivity contribution in [3.05, 3.63) is 53.7 Å². The number of nitrogens with zero attached hydrogens (tertiary/aromatic N) is 2. The highest BCUT2D eigenvalue weighted by Crippen LogP contribution is 2.25. The van der Waals surface area contributed by atoms with E-state index >= 15 is 0 Å². The lowest BCUT2D eigenvalue weighted by Crippen LogP contribution is -2.30. The molecule has 2 heterocycles. The molecule has 0 N–H and O–H groups in total. The second-order valence-electron chi connectivity index (χ2n) is 4.86. The van der Waals surface area contributed by atoms with Gasteiger partial charge in [-0.25, -0.2) is 0 Å². The number of rotatable bonds is 2. The molecule has 1 aromatic carbocycles. The summed E-state index contributed by atoms with van der Waals surface area (Å²) in [6.45, 7) is 5.15. The summed E-state index contributed by atoms with van der Waals surface area (Å²) in [5.74, 6) is 1.12. The van der Waals surface area contributed by atoms with Crippen molar-refractivity contribution in [2.75, 3.05) is 6.54 Å². The molecule has 0 fully saturated rings. The van der Waals surface area contributed by atoms with Gasteiger partial charge in [0.2, 0.25) is 0 Å². The first-order valence-electron chi connectivity index (χ1n) is 6.56. The van der Waals surface area contributed by atoms with Crippen LogP contribution in [-0.4, -0.2) is 23.3 Å². The average Bonchev–Trinajstić information content (AvgIpc) is 2.80. The minimum Gasteiger partial charge on any atom is -0.328 e. The van der Waals surface area contributed by atoms with Crippen LogP contribution in [-0.2, 0) is 6.42 Å². The molecule has 0 spiro atoms. The number of hydrogen-bond acceptors (Lipinski definition) is 2. The van der Waals surface area contributed by atoms with Crippen molar-refractivity contribution >= 4 is 11.4 Å². The van der Waals surface area contributed by atoms with Crippen LogP contribution in [0.25, 0.3) is 5.57 Å². The Hall–Kier alpha value is -1.83. The van der Waals surface area contributed by atoms with E-state index in [0.717, 1.165) is 18.8 Å². The molecule has 0 radical (unpaired) electrons. The lowest BCUT2D eigenvalue weighted by atomic mass is 10.0. The van der Waals surface area contributed by atoms with E-state index in [1.54, 1.807) is 0 Å². The molecule has 2 aliphatic rings. The molecule has 3 rings (SSSR count). The Bertz CT molecular complexity index is 535. The SMILES string of the molecule is CCc1ccc(C2=CN3C(C)=NCC3C=C2)cc1. The van der Waals surface area contributed by atoms with E-state index in [1.165, 1.54) is 16.7 Å². The predicted molar refractivity (Wildman–Crippen MR) is 76.5 cm³/mol. The standard InChI is InChI=1S/C16H18N2/c1-3-13-4-6-14(7-5-13)15-8-9-16-10-17-12(2)18(16)11-15/h4-9,11,16H,3,10H2,1-2H3. The first-order valence-corrected chi connectivity index (χ1v) is 6.56. The molecule has 18 heavy (non-hydrogen) atoms. The van der Waals surface area contributed by atoms with E-state index in [0.29, 0.717) is 6.04 Å². The Morgan fingerprint density at radius 3 is 2.78 bits per heavy atom. The molecule has 1 unspecified atom stereocenters. The molecule has 0 aliphatic carbocycles. The van der Waals surface area contributed by atoms with Gasteiger partial charge in [0.05, 0.1) is 12.6 Å². The second kappa shape index (κ2) is 4.45. The molecular formula is C16H18N2. The van der Waals surface area contributed by atoms with Crippen molar-refractivity contribution in [3.63, 3.8) is 0 Å². The fraction of sp³-hybridized carbons (Fsp3) is 0.312. The van der Waals surface area contributed by atoms with Crippen molar-refractivity contribution in [2.45, 2.75) is 26.3 Å². The highest BCUT2D eigenvalue weighted by Gasteiger charge is 2.24. The molecule has 2 aliphatic heterocycles. The Kier molecular flexibility index (Phi) is 2.78. The first kappa shape index (κ1) is 11.3. The molecule has 0 aromatic heterocycles. The summed E-state index contributed by atoms with van der Waals surface area (Å²) in [5, 5.41) is 0. The van der Waals surface area contributed by atoms with Crippen molar-refractivity contribution in [1.82, 2.24) is 4.90 Å². The third-order valence-corrected chi connectivity index (χ3v) is 3.71. The lowest BCUT2D eigenvalue weighted by Gasteiger charge is -2.25. The molecule has 0 saturated heterocycles. The second-order valence-corrected chi connectivity index (χ2v) is 4.86. The Morgan fingerprint density at radius 2 is 2.06 bits per heavy atom. The van der Waals surface area contributed by atoms with Crippen LogP contribution in [0, 0.1) is 0 Å². The van der Waals surface area contributed by atoms with Gasteiger partial charge in [-0.3, -0.25) is 4.99 Å². The number of fused-ring (bicyclic) bond motifs is 1. The zero-order valence-corrected chi connectivity index (χ0v) is 10.9. The fourth-order valence-electron chi connectivity index (χ4n) is 2.49. The van der Waals surface area contributed by atoms with Gasteiger partial charge in [-0.15, -0.1) is 0 Å². The van der Waals surface area contributed by atoms with Crippen LogP contribution in [0.3, 0.4) is 0 Å². The van der Waals surface area contributed by atoms with Crippen molar-refractivity contribution in [3.8, 4) is 0 Å². The zero-order valence-electron chi connectivity index (χ0n) is 10.9. The summed E-state index contributed by atoms with van der Waals surface area (Å²) in [5.41, 5.74) is 3.93. The Labute approximate surface area is 108 Å². The summed E-state index contributed by atoms with van der Waals surface area (Å²) in [6.07, 6.45) is 7.78. The number of benzene rings is 1. The van der Waals surface area contributed by atoms with E-state index in [2.05, 4.69) is 66.4 Å². The van der Waals surface area contributed by atoms with E-state index in [4.69, 9.17) is 0 Å². The van der Waals surface area contributed by atoms with Gasteiger partial charge in [-0.2, -0.15) is 0 Å². The molecular weight excluding hydrogens is 220 g/mol. The van der Waals surface area contributed by atoms with Crippen molar-refractivity contribution in [2.24, 2.45) is 4.99 Å². The molecule has 0 bridgehead atoms. The predicted octanol–water partition coefficient (Wildman–Crippen LogP) is 3.26. The number of aliphatic imine (C=N–C) groups is 1. The third-order valence-electron chi connectivity index (χ3n) is 3.71. The maximum Gasteiger partial charge on any atom is 0.100 e. The van der Waals surface area contributed by atoms with Crippen LogP contribution in [0.15, 0.2) is 47.6 Å². The maximum atomic E-state index is 4.48. The highest BCUT2D eigenvalue weighted by molar-refractivity contribution is 5.87. The molecule has 1 aromatic rings. The van der Waals surface area contributed by atoms with Gasteiger partial charge in [-0.1, -0.05) is 43.3 Å². The zero-order chi connectivity index (χ0) is 12.5. The smallest absolute Gasteiger partial charge is 0.100 e. The van der Waals surface area contributed by atoms with E-state index in [9.17, 15) is 0 Å². The minimum absolute atomic E-state index is 0.434. The van der Waals surface area contributed by atoms with Crippen LogP contribution in [0.4, 0.5) is 0 Å². The number of aryl methyl sites for hydroxylation is 1.